The third-order valence-corrected chi connectivity index (χ3v) is 4.33. The van der Waals surface area contributed by atoms with E-state index in [1.165, 1.54) is 12.8 Å². The lowest BCUT2D eigenvalue weighted by Gasteiger charge is -2.36. The second kappa shape index (κ2) is 4.15. The van der Waals surface area contributed by atoms with E-state index in [2.05, 4.69) is 0 Å². The third kappa shape index (κ3) is 2.61. The van der Waals surface area contributed by atoms with Gasteiger partial charge in [0.2, 0.25) is 0 Å². The normalized spacial score (nSPS) is 38.0. The maximum Gasteiger partial charge on any atom is 0.391 e. The summed E-state index contributed by atoms with van der Waals surface area (Å²) >= 11 is 5.79. The molecule has 0 amide bonds. The fraction of sp³-hybridized carbons (Fsp3) is 1.00. The van der Waals surface area contributed by atoms with E-state index in [-0.39, 0.29) is 12.3 Å². The Morgan fingerprint density at radius 1 is 1.07 bits per heavy atom. The quantitative estimate of drug-likeness (QED) is 0.634. The molecule has 0 spiro atoms. The first-order valence-electron chi connectivity index (χ1n) is 5.65. The lowest BCUT2D eigenvalue weighted by molar-refractivity contribution is -0.188. The van der Waals surface area contributed by atoms with Gasteiger partial charge < -0.3 is 0 Å². The van der Waals surface area contributed by atoms with Crippen LogP contribution in [0.4, 0.5) is 13.2 Å². The minimum absolute atomic E-state index is 0.0968. The molecule has 0 aliphatic heterocycles. The van der Waals surface area contributed by atoms with Crippen LogP contribution in [0.2, 0.25) is 0 Å². The van der Waals surface area contributed by atoms with Gasteiger partial charge in [-0.25, -0.2) is 0 Å². The molecule has 2 aliphatic rings. The molecule has 0 aromatic rings. The first-order valence-corrected chi connectivity index (χ1v) is 6.18. The Hall–Kier alpha value is 0.0800. The van der Waals surface area contributed by atoms with E-state index < -0.39 is 12.1 Å². The van der Waals surface area contributed by atoms with Crippen molar-refractivity contribution in [3.63, 3.8) is 0 Å². The van der Waals surface area contributed by atoms with Gasteiger partial charge in [0.05, 0.1) is 5.92 Å². The summed E-state index contributed by atoms with van der Waals surface area (Å²) in [6.07, 6.45) is -0.305. The molecule has 0 aromatic carbocycles. The van der Waals surface area contributed by atoms with Crippen LogP contribution < -0.4 is 0 Å². The molecule has 2 fully saturated rings. The molecule has 0 aromatic heterocycles. The van der Waals surface area contributed by atoms with E-state index in [0.29, 0.717) is 24.1 Å². The van der Waals surface area contributed by atoms with E-state index >= 15 is 0 Å². The second-order valence-electron chi connectivity index (χ2n) is 4.97. The van der Waals surface area contributed by atoms with Crippen molar-refractivity contribution in [1.82, 2.24) is 0 Å². The Bertz CT molecular complexity index is 222. The maximum absolute atomic E-state index is 12.6. The van der Waals surface area contributed by atoms with Gasteiger partial charge in [-0.15, -0.1) is 11.6 Å². The van der Waals surface area contributed by atoms with Crippen LogP contribution in [0, 0.1) is 23.7 Å². The minimum atomic E-state index is -4.02. The van der Waals surface area contributed by atoms with E-state index in [1.807, 2.05) is 0 Å². The Morgan fingerprint density at radius 3 is 2.20 bits per heavy atom. The minimum Gasteiger partial charge on any atom is -0.171 e. The zero-order valence-electron chi connectivity index (χ0n) is 8.56. The summed E-state index contributed by atoms with van der Waals surface area (Å²) in [4.78, 5) is 0. The Morgan fingerprint density at radius 2 is 1.73 bits per heavy atom. The topological polar surface area (TPSA) is 0 Å². The average Bonchev–Trinajstić information content (AvgIpc) is 2.98. The highest BCUT2D eigenvalue weighted by molar-refractivity contribution is 6.18. The van der Waals surface area contributed by atoms with Crippen LogP contribution in [0.3, 0.4) is 0 Å². The van der Waals surface area contributed by atoms with Crippen LogP contribution in [0.25, 0.3) is 0 Å². The molecule has 0 radical (unpaired) electrons. The van der Waals surface area contributed by atoms with Crippen molar-refractivity contribution < 1.29 is 13.2 Å². The van der Waals surface area contributed by atoms with Crippen molar-refractivity contribution in [3.05, 3.63) is 0 Å². The molecular formula is C11H16ClF3. The molecule has 2 aliphatic carbocycles. The van der Waals surface area contributed by atoms with E-state index in [4.69, 9.17) is 11.6 Å². The summed E-state index contributed by atoms with van der Waals surface area (Å²) in [5.74, 6) is 0.549. The molecule has 2 rings (SSSR count). The van der Waals surface area contributed by atoms with Crippen molar-refractivity contribution in [2.45, 2.75) is 38.3 Å². The van der Waals surface area contributed by atoms with E-state index in [0.717, 1.165) is 6.42 Å². The third-order valence-electron chi connectivity index (χ3n) is 3.93. The summed E-state index contributed by atoms with van der Waals surface area (Å²) in [6.45, 7) is 0. The predicted molar refractivity (Wildman–Crippen MR) is 53.8 cm³/mol. The van der Waals surface area contributed by atoms with Gasteiger partial charge >= 0.3 is 6.18 Å². The summed E-state index contributed by atoms with van der Waals surface area (Å²) < 4.78 is 37.7. The number of alkyl halides is 4. The number of rotatable bonds is 2. The van der Waals surface area contributed by atoms with Gasteiger partial charge in [0.25, 0.3) is 0 Å². The van der Waals surface area contributed by atoms with Gasteiger partial charge in [-0.1, -0.05) is 0 Å². The monoisotopic (exact) mass is 240 g/mol. The highest BCUT2D eigenvalue weighted by atomic mass is 35.5. The Balaban J connectivity index is 1.96. The SMILES string of the molecule is FC(F)(F)C1CCC(C2CC2)C(CCl)C1. The van der Waals surface area contributed by atoms with Crippen molar-refractivity contribution in [3.8, 4) is 0 Å². The summed E-state index contributed by atoms with van der Waals surface area (Å²) in [5, 5.41) is 0. The summed E-state index contributed by atoms with van der Waals surface area (Å²) in [7, 11) is 0. The van der Waals surface area contributed by atoms with Gasteiger partial charge in [0, 0.05) is 5.88 Å². The molecule has 88 valence electrons. The maximum atomic E-state index is 12.6. The van der Waals surface area contributed by atoms with Crippen LogP contribution >= 0.6 is 11.6 Å². The van der Waals surface area contributed by atoms with Gasteiger partial charge in [-0.2, -0.15) is 13.2 Å². The molecule has 0 heterocycles. The van der Waals surface area contributed by atoms with Crippen LogP contribution in [-0.4, -0.2) is 12.1 Å². The van der Waals surface area contributed by atoms with Crippen LogP contribution in [0.15, 0.2) is 0 Å². The molecule has 2 saturated carbocycles. The van der Waals surface area contributed by atoms with Gasteiger partial charge in [-0.05, 0) is 49.9 Å². The van der Waals surface area contributed by atoms with Crippen LogP contribution in [0.1, 0.15) is 32.1 Å². The predicted octanol–water partition coefficient (Wildman–Crippen LogP) is 4.23. The first kappa shape index (κ1) is 11.6. The van der Waals surface area contributed by atoms with E-state index in [9.17, 15) is 13.2 Å². The number of hydrogen-bond acceptors (Lipinski definition) is 0. The molecule has 15 heavy (non-hydrogen) atoms. The van der Waals surface area contributed by atoms with Gasteiger partial charge in [-0.3, -0.25) is 0 Å². The lowest BCUT2D eigenvalue weighted by atomic mass is 9.72. The summed E-state index contributed by atoms with van der Waals surface area (Å²) in [5.41, 5.74) is 0. The molecule has 3 atom stereocenters. The highest BCUT2D eigenvalue weighted by Crippen LogP contribution is 2.50. The average molecular weight is 241 g/mol. The Kier molecular flexibility index (Phi) is 3.20. The largest absolute Gasteiger partial charge is 0.391 e. The standard InChI is InChI=1S/C11H16ClF3/c12-6-8-5-9(11(13,14)15)3-4-10(8)7-1-2-7/h7-10H,1-6H2. The van der Waals surface area contributed by atoms with Crippen molar-refractivity contribution >= 4 is 11.6 Å². The molecule has 4 heteroatoms. The molecule has 0 nitrogen and oxygen atoms in total. The van der Waals surface area contributed by atoms with E-state index in [1.54, 1.807) is 0 Å². The van der Waals surface area contributed by atoms with Gasteiger partial charge in [0.1, 0.15) is 0 Å². The number of hydrogen-bond donors (Lipinski definition) is 0. The lowest BCUT2D eigenvalue weighted by Crippen LogP contribution is -2.34. The van der Waals surface area contributed by atoms with Crippen molar-refractivity contribution in [1.29, 1.82) is 0 Å². The Labute approximate surface area is 93.2 Å². The fourth-order valence-electron chi connectivity index (χ4n) is 2.91. The van der Waals surface area contributed by atoms with Crippen molar-refractivity contribution in [2.75, 3.05) is 5.88 Å². The zero-order valence-corrected chi connectivity index (χ0v) is 9.32. The van der Waals surface area contributed by atoms with Crippen LogP contribution in [0.5, 0.6) is 0 Å². The molecule has 0 N–H and O–H groups in total. The number of halogens is 4. The fourth-order valence-corrected chi connectivity index (χ4v) is 3.26. The first-order chi connectivity index (χ1) is 7.02. The molecule has 3 unspecified atom stereocenters. The second-order valence-corrected chi connectivity index (χ2v) is 5.28. The molecule has 0 bridgehead atoms. The summed E-state index contributed by atoms with van der Waals surface area (Å²) in [6, 6.07) is 0. The highest BCUT2D eigenvalue weighted by Gasteiger charge is 2.47. The van der Waals surface area contributed by atoms with Crippen molar-refractivity contribution in [2.24, 2.45) is 23.7 Å². The molecular weight excluding hydrogens is 225 g/mol. The zero-order chi connectivity index (χ0) is 11.1. The van der Waals surface area contributed by atoms with Gasteiger partial charge in [0.15, 0.2) is 0 Å². The van der Waals surface area contributed by atoms with Crippen LogP contribution in [-0.2, 0) is 0 Å². The molecule has 0 saturated heterocycles. The smallest absolute Gasteiger partial charge is 0.171 e.